The van der Waals surface area contributed by atoms with Crippen LogP contribution in [0.1, 0.15) is 29.2 Å². The van der Waals surface area contributed by atoms with Gasteiger partial charge in [0.25, 0.3) is 0 Å². The van der Waals surface area contributed by atoms with Crippen molar-refractivity contribution in [1.82, 2.24) is 10.2 Å². The zero-order chi connectivity index (χ0) is 16.7. The van der Waals surface area contributed by atoms with E-state index in [1.54, 1.807) is 11.3 Å². The number of nitrogens with one attached hydrogen (secondary N) is 1. The molecule has 0 radical (unpaired) electrons. The summed E-state index contributed by atoms with van der Waals surface area (Å²) in [4.78, 5) is 17.1. The van der Waals surface area contributed by atoms with Crippen LogP contribution in [-0.2, 0) is 17.9 Å². The molecule has 1 N–H and O–H groups in total. The smallest absolute Gasteiger partial charge is 0.237 e. The van der Waals surface area contributed by atoms with Gasteiger partial charge in [-0.3, -0.25) is 4.79 Å². The Labute approximate surface area is 143 Å². The number of nitrogens with zero attached hydrogens (tertiary/aromatic N) is 1. The highest BCUT2D eigenvalue weighted by atomic mass is 32.1. The van der Waals surface area contributed by atoms with Gasteiger partial charge in [0.15, 0.2) is 0 Å². The number of carbonyl (C=O) groups is 1. The van der Waals surface area contributed by atoms with Crippen molar-refractivity contribution < 1.29 is 4.79 Å². The van der Waals surface area contributed by atoms with Gasteiger partial charge < -0.3 is 10.2 Å². The lowest BCUT2D eigenvalue weighted by atomic mass is 10.2. The fourth-order valence-electron chi connectivity index (χ4n) is 2.37. The molecule has 2 aromatic rings. The largest absolute Gasteiger partial charge is 0.332 e. The zero-order valence-corrected chi connectivity index (χ0v) is 15.0. The highest BCUT2D eigenvalue weighted by molar-refractivity contribution is 7.11. The summed E-state index contributed by atoms with van der Waals surface area (Å²) >= 11 is 1.76. The van der Waals surface area contributed by atoms with Crippen LogP contribution in [0.5, 0.6) is 0 Å². The molecule has 0 saturated carbocycles. The van der Waals surface area contributed by atoms with Crippen LogP contribution in [0.15, 0.2) is 42.5 Å². The van der Waals surface area contributed by atoms with Crippen molar-refractivity contribution in [2.45, 2.75) is 33.9 Å². The number of carbonyl (C=O) groups excluding carboxylic acids is 1. The number of thiophene rings is 1. The minimum absolute atomic E-state index is 0.153. The molecule has 0 saturated heterocycles. The van der Waals surface area contributed by atoms with E-state index in [0.29, 0.717) is 25.6 Å². The molecule has 124 valence electrons. The minimum atomic E-state index is 0.153. The van der Waals surface area contributed by atoms with E-state index in [4.69, 9.17) is 0 Å². The Kier molecular flexibility index (Phi) is 6.81. The monoisotopic (exact) mass is 330 g/mol. The van der Waals surface area contributed by atoms with E-state index in [-0.39, 0.29) is 5.91 Å². The number of hydrogen-bond acceptors (Lipinski definition) is 3. The van der Waals surface area contributed by atoms with Crippen molar-refractivity contribution in [1.29, 1.82) is 0 Å². The van der Waals surface area contributed by atoms with Crippen LogP contribution in [0.4, 0.5) is 0 Å². The predicted octanol–water partition coefficient (Wildman–Crippen LogP) is 3.83. The van der Waals surface area contributed by atoms with E-state index in [2.05, 4.69) is 50.4 Å². The Bertz CT molecular complexity index is 607. The summed E-state index contributed by atoms with van der Waals surface area (Å²) in [6.45, 7) is 8.98. The second kappa shape index (κ2) is 8.85. The standard InChI is InChI=1S/C19H26N2OS/c1-15(2)11-20-12-19(22)21(13-17-7-5-4-6-8-17)14-18-10-9-16(3)23-18/h4-10,15,20H,11-14H2,1-3H3. The van der Waals surface area contributed by atoms with Crippen LogP contribution in [0.3, 0.4) is 0 Å². The molecule has 0 aliphatic heterocycles. The lowest BCUT2D eigenvalue weighted by molar-refractivity contribution is -0.131. The molecule has 1 aromatic heterocycles. The van der Waals surface area contributed by atoms with Crippen molar-refractivity contribution >= 4 is 17.2 Å². The quantitative estimate of drug-likeness (QED) is 0.798. The van der Waals surface area contributed by atoms with E-state index >= 15 is 0 Å². The van der Waals surface area contributed by atoms with E-state index < -0.39 is 0 Å². The summed E-state index contributed by atoms with van der Waals surface area (Å²) in [7, 11) is 0. The summed E-state index contributed by atoms with van der Waals surface area (Å²) < 4.78 is 0. The molecule has 23 heavy (non-hydrogen) atoms. The summed E-state index contributed by atoms with van der Waals surface area (Å²) in [5.41, 5.74) is 1.16. The van der Waals surface area contributed by atoms with Gasteiger partial charge in [0.1, 0.15) is 0 Å². The number of benzene rings is 1. The molecule has 0 spiro atoms. The van der Waals surface area contributed by atoms with Gasteiger partial charge in [0.05, 0.1) is 13.1 Å². The Hall–Kier alpha value is -1.65. The molecule has 1 amide bonds. The van der Waals surface area contributed by atoms with Crippen molar-refractivity contribution in [3.8, 4) is 0 Å². The second-order valence-electron chi connectivity index (χ2n) is 6.27. The molecule has 1 heterocycles. The molecule has 0 fully saturated rings. The molecule has 0 bridgehead atoms. The van der Waals surface area contributed by atoms with Crippen LogP contribution in [0, 0.1) is 12.8 Å². The van der Waals surface area contributed by atoms with Gasteiger partial charge in [0, 0.05) is 16.3 Å². The maximum absolute atomic E-state index is 12.6. The van der Waals surface area contributed by atoms with Gasteiger partial charge in [-0.25, -0.2) is 0 Å². The van der Waals surface area contributed by atoms with E-state index in [1.165, 1.54) is 9.75 Å². The average Bonchev–Trinajstić information content (AvgIpc) is 2.92. The molecule has 0 aliphatic carbocycles. The van der Waals surface area contributed by atoms with Crippen LogP contribution in [0.25, 0.3) is 0 Å². The molecule has 0 aliphatic rings. The van der Waals surface area contributed by atoms with Crippen LogP contribution in [0.2, 0.25) is 0 Å². The molecule has 1 aromatic carbocycles. The predicted molar refractivity (Wildman–Crippen MR) is 97.5 cm³/mol. The van der Waals surface area contributed by atoms with Crippen LogP contribution in [-0.4, -0.2) is 23.9 Å². The third-order valence-electron chi connectivity index (χ3n) is 3.54. The van der Waals surface area contributed by atoms with Gasteiger partial charge in [-0.2, -0.15) is 0 Å². The van der Waals surface area contributed by atoms with Crippen molar-refractivity contribution in [3.63, 3.8) is 0 Å². The first kappa shape index (κ1) is 17.7. The third-order valence-corrected chi connectivity index (χ3v) is 4.53. The van der Waals surface area contributed by atoms with E-state index in [0.717, 1.165) is 12.1 Å². The van der Waals surface area contributed by atoms with Crippen molar-refractivity contribution in [2.75, 3.05) is 13.1 Å². The first-order chi connectivity index (χ1) is 11.0. The molecular formula is C19H26N2OS. The minimum Gasteiger partial charge on any atom is -0.332 e. The van der Waals surface area contributed by atoms with Gasteiger partial charge in [-0.1, -0.05) is 44.2 Å². The number of hydrogen-bond donors (Lipinski definition) is 1. The normalized spacial score (nSPS) is 11.0. The summed E-state index contributed by atoms with van der Waals surface area (Å²) in [5.74, 6) is 0.700. The van der Waals surface area contributed by atoms with Crippen LogP contribution < -0.4 is 5.32 Å². The molecular weight excluding hydrogens is 304 g/mol. The average molecular weight is 330 g/mol. The maximum atomic E-state index is 12.6. The van der Waals surface area contributed by atoms with Gasteiger partial charge >= 0.3 is 0 Å². The first-order valence-corrected chi connectivity index (χ1v) is 8.94. The SMILES string of the molecule is Cc1ccc(CN(Cc2ccccc2)C(=O)CNCC(C)C)s1. The molecule has 4 heteroatoms. The molecule has 3 nitrogen and oxygen atoms in total. The highest BCUT2D eigenvalue weighted by Crippen LogP contribution is 2.18. The topological polar surface area (TPSA) is 32.3 Å². The van der Waals surface area contributed by atoms with E-state index in [9.17, 15) is 4.79 Å². The number of aryl methyl sites for hydroxylation is 1. The fourth-order valence-corrected chi connectivity index (χ4v) is 3.28. The maximum Gasteiger partial charge on any atom is 0.237 e. The third kappa shape index (κ3) is 6.16. The lowest BCUT2D eigenvalue weighted by Crippen LogP contribution is -2.38. The number of rotatable bonds is 8. The molecule has 0 atom stereocenters. The van der Waals surface area contributed by atoms with Crippen molar-refractivity contribution in [3.05, 3.63) is 57.8 Å². The van der Waals surface area contributed by atoms with Crippen LogP contribution >= 0.6 is 11.3 Å². The Morgan fingerprint density at radius 2 is 1.87 bits per heavy atom. The summed E-state index contributed by atoms with van der Waals surface area (Å²) in [6.07, 6.45) is 0. The molecule has 2 rings (SSSR count). The Balaban J connectivity index is 2.02. The zero-order valence-electron chi connectivity index (χ0n) is 14.2. The summed E-state index contributed by atoms with van der Waals surface area (Å²) in [6, 6.07) is 14.4. The Morgan fingerprint density at radius 1 is 1.13 bits per heavy atom. The van der Waals surface area contributed by atoms with Gasteiger partial charge in [-0.15, -0.1) is 11.3 Å². The number of amides is 1. The highest BCUT2D eigenvalue weighted by Gasteiger charge is 2.15. The second-order valence-corrected chi connectivity index (χ2v) is 7.64. The van der Waals surface area contributed by atoms with Gasteiger partial charge in [-0.05, 0) is 37.1 Å². The fraction of sp³-hybridized carbons (Fsp3) is 0.421. The molecule has 0 unspecified atom stereocenters. The Morgan fingerprint density at radius 3 is 2.48 bits per heavy atom. The van der Waals surface area contributed by atoms with E-state index in [1.807, 2.05) is 23.1 Å². The van der Waals surface area contributed by atoms with Gasteiger partial charge in [0.2, 0.25) is 5.91 Å². The lowest BCUT2D eigenvalue weighted by Gasteiger charge is -2.23. The summed E-state index contributed by atoms with van der Waals surface area (Å²) in [5, 5.41) is 3.25. The van der Waals surface area contributed by atoms with Crippen molar-refractivity contribution in [2.24, 2.45) is 5.92 Å². The first-order valence-electron chi connectivity index (χ1n) is 8.12.